The second-order valence-electron chi connectivity index (χ2n) is 4.40. The Labute approximate surface area is 99.4 Å². The van der Waals surface area contributed by atoms with Crippen molar-refractivity contribution in [3.05, 3.63) is 42.1 Å². The van der Waals surface area contributed by atoms with Gasteiger partial charge in [-0.3, -0.25) is 9.78 Å². The van der Waals surface area contributed by atoms with Gasteiger partial charge in [0.25, 0.3) is 0 Å². The first kappa shape index (κ1) is 10.3. The van der Waals surface area contributed by atoms with Crippen molar-refractivity contribution in [3.8, 4) is 0 Å². The van der Waals surface area contributed by atoms with Crippen molar-refractivity contribution in [2.45, 2.75) is 12.3 Å². The summed E-state index contributed by atoms with van der Waals surface area (Å²) in [6.45, 7) is 0. The molecule has 0 aliphatic heterocycles. The van der Waals surface area contributed by atoms with E-state index in [-0.39, 0.29) is 17.8 Å². The average Bonchev–Trinajstić information content (AvgIpc) is 3.17. The predicted octanol–water partition coefficient (Wildman–Crippen LogP) is 2.51. The third-order valence-electron chi connectivity index (χ3n) is 3.29. The SMILES string of the molecule is COC(=O)[C@H]1C[C@@H]1c1ccc2ccccc2n1. The number of hydrogen-bond acceptors (Lipinski definition) is 3. The summed E-state index contributed by atoms with van der Waals surface area (Å²) in [6, 6.07) is 12.1. The van der Waals surface area contributed by atoms with E-state index in [9.17, 15) is 4.79 Å². The van der Waals surface area contributed by atoms with E-state index in [0.29, 0.717) is 0 Å². The summed E-state index contributed by atoms with van der Waals surface area (Å²) >= 11 is 0. The van der Waals surface area contributed by atoms with E-state index in [1.807, 2.05) is 30.3 Å². The van der Waals surface area contributed by atoms with Gasteiger partial charge < -0.3 is 4.74 Å². The summed E-state index contributed by atoms with van der Waals surface area (Å²) in [4.78, 5) is 16.0. The highest BCUT2D eigenvalue weighted by Gasteiger charge is 2.45. The molecule has 1 aromatic heterocycles. The standard InChI is InChI=1S/C14H13NO2/c1-17-14(16)11-8-10(11)13-7-6-9-4-2-3-5-12(9)15-13/h2-7,10-11H,8H2,1H3/t10-,11-/m0/s1. The van der Waals surface area contributed by atoms with Gasteiger partial charge in [-0.2, -0.15) is 0 Å². The molecule has 0 saturated heterocycles. The number of carbonyl (C=O) groups is 1. The van der Waals surface area contributed by atoms with Crippen LogP contribution in [0.1, 0.15) is 18.0 Å². The Hall–Kier alpha value is -1.90. The monoisotopic (exact) mass is 227 g/mol. The number of aromatic nitrogens is 1. The van der Waals surface area contributed by atoms with Gasteiger partial charge in [-0.15, -0.1) is 0 Å². The molecule has 3 rings (SSSR count). The zero-order chi connectivity index (χ0) is 11.8. The van der Waals surface area contributed by atoms with Gasteiger partial charge in [0.15, 0.2) is 0 Å². The van der Waals surface area contributed by atoms with Gasteiger partial charge in [-0.05, 0) is 18.6 Å². The molecule has 0 unspecified atom stereocenters. The maximum atomic E-state index is 11.4. The number of benzene rings is 1. The maximum Gasteiger partial charge on any atom is 0.309 e. The third-order valence-corrected chi connectivity index (χ3v) is 3.29. The van der Waals surface area contributed by atoms with Crippen LogP contribution in [0.3, 0.4) is 0 Å². The first-order valence-electron chi connectivity index (χ1n) is 5.73. The molecule has 1 saturated carbocycles. The van der Waals surface area contributed by atoms with Crippen LogP contribution in [0.2, 0.25) is 0 Å². The zero-order valence-electron chi connectivity index (χ0n) is 9.59. The number of fused-ring (bicyclic) bond motifs is 1. The van der Waals surface area contributed by atoms with Gasteiger partial charge >= 0.3 is 5.97 Å². The van der Waals surface area contributed by atoms with Gasteiger partial charge in [0, 0.05) is 17.0 Å². The van der Waals surface area contributed by atoms with E-state index >= 15 is 0 Å². The second-order valence-corrected chi connectivity index (χ2v) is 4.40. The summed E-state index contributed by atoms with van der Waals surface area (Å²) < 4.78 is 4.75. The highest BCUT2D eigenvalue weighted by Crippen LogP contribution is 2.47. The Balaban J connectivity index is 1.90. The molecule has 17 heavy (non-hydrogen) atoms. The van der Waals surface area contributed by atoms with E-state index in [1.54, 1.807) is 0 Å². The fourth-order valence-electron chi connectivity index (χ4n) is 2.22. The molecule has 1 fully saturated rings. The molecular formula is C14H13NO2. The predicted molar refractivity (Wildman–Crippen MR) is 64.6 cm³/mol. The number of para-hydroxylation sites is 1. The Kier molecular flexibility index (Phi) is 2.32. The Morgan fingerprint density at radius 2 is 2.12 bits per heavy atom. The minimum Gasteiger partial charge on any atom is -0.469 e. The summed E-state index contributed by atoms with van der Waals surface area (Å²) in [5, 5.41) is 1.13. The van der Waals surface area contributed by atoms with Crippen LogP contribution in [0.25, 0.3) is 10.9 Å². The molecule has 1 heterocycles. The van der Waals surface area contributed by atoms with Crippen LogP contribution in [-0.4, -0.2) is 18.1 Å². The molecule has 2 aromatic rings. The van der Waals surface area contributed by atoms with Crippen LogP contribution in [-0.2, 0) is 9.53 Å². The van der Waals surface area contributed by atoms with Gasteiger partial charge in [-0.25, -0.2) is 0 Å². The van der Waals surface area contributed by atoms with Gasteiger partial charge in [-0.1, -0.05) is 24.3 Å². The first-order valence-corrected chi connectivity index (χ1v) is 5.73. The maximum absolute atomic E-state index is 11.4. The van der Waals surface area contributed by atoms with E-state index in [4.69, 9.17) is 4.74 Å². The van der Waals surface area contributed by atoms with Crippen molar-refractivity contribution >= 4 is 16.9 Å². The normalized spacial score (nSPS) is 22.4. The molecule has 86 valence electrons. The van der Waals surface area contributed by atoms with Crippen LogP contribution in [0.4, 0.5) is 0 Å². The lowest BCUT2D eigenvalue weighted by Gasteiger charge is -2.02. The van der Waals surface area contributed by atoms with Crippen LogP contribution < -0.4 is 0 Å². The molecule has 0 amide bonds. The molecule has 0 bridgehead atoms. The van der Waals surface area contributed by atoms with Crippen LogP contribution >= 0.6 is 0 Å². The fraction of sp³-hybridized carbons (Fsp3) is 0.286. The van der Waals surface area contributed by atoms with E-state index in [0.717, 1.165) is 23.0 Å². The minimum absolute atomic E-state index is 0.00802. The number of pyridine rings is 1. The number of carbonyl (C=O) groups excluding carboxylic acids is 1. The van der Waals surface area contributed by atoms with E-state index in [1.165, 1.54) is 7.11 Å². The van der Waals surface area contributed by atoms with Gasteiger partial charge in [0.2, 0.25) is 0 Å². The largest absolute Gasteiger partial charge is 0.469 e. The van der Waals surface area contributed by atoms with Crippen LogP contribution in [0, 0.1) is 5.92 Å². The molecule has 3 nitrogen and oxygen atoms in total. The Morgan fingerprint density at radius 3 is 2.94 bits per heavy atom. The van der Waals surface area contributed by atoms with Crippen molar-refractivity contribution < 1.29 is 9.53 Å². The number of esters is 1. The summed E-state index contributed by atoms with van der Waals surface area (Å²) in [5.41, 5.74) is 1.99. The number of nitrogens with zero attached hydrogens (tertiary/aromatic N) is 1. The highest BCUT2D eigenvalue weighted by atomic mass is 16.5. The number of rotatable bonds is 2. The number of methoxy groups -OCH3 is 1. The van der Waals surface area contributed by atoms with Crippen molar-refractivity contribution in [3.63, 3.8) is 0 Å². The molecule has 1 aliphatic carbocycles. The van der Waals surface area contributed by atoms with E-state index in [2.05, 4.69) is 11.1 Å². The van der Waals surface area contributed by atoms with Crippen LogP contribution in [0.5, 0.6) is 0 Å². The quantitative estimate of drug-likeness (QED) is 0.740. The minimum atomic E-state index is -0.120. The molecule has 0 spiro atoms. The summed E-state index contributed by atoms with van der Waals surface area (Å²) in [5.74, 6) is 0.130. The molecule has 1 aromatic carbocycles. The van der Waals surface area contributed by atoms with Gasteiger partial charge in [0.1, 0.15) is 0 Å². The van der Waals surface area contributed by atoms with Gasteiger partial charge in [0.05, 0.1) is 18.5 Å². The van der Waals surface area contributed by atoms with Crippen molar-refractivity contribution in [1.29, 1.82) is 0 Å². The molecule has 2 atom stereocenters. The molecule has 0 radical (unpaired) electrons. The summed E-state index contributed by atoms with van der Waals surface area (Å²) in [6.07, 6.45) is 0.859. The molecule has 1 aliphatic rings. The van der Waals surface area contributed by atoms with Crippen molar-refractivity contribution in [2.75, 3.05) is 7.11 Å². The fourth-order valence-corrected chi connectivity index (χ4v) is 2.22. The molecule has 0 N–H and O–H groups in total. The topological polar surface area (TPSA) is 39.2 Å². The highest BCUT2D eigenvalue weighted by molar-refractivity contribution is 5.80. The molecular weight excluding hydrogens is 214 g/mol. The third kappa shape index (κ3) is 1.78. The lowest BCUT2D eigenvalue weighted by atomic mass is 10.1. The Morgan fingerprint density at radius 1 is 1.29 bits per heavy atom. The second kappa shape index (κ2) is 3.84. The van der Waals surface area contributed by atoms with Crippen molar-refractivity contribution in [2.24, 2.45) is 5.92 Å². The number of hydrogen-bond donors (Lipinski definition) is 0. The van der Waals surface area contributed by atoms with E-state index < -0.39 is 0 Å². The lowest BCUT2D eigenvalue weighted by molar-refractivity contribution is -0.142. The van der Waals surface area contributed by atoms with Crippen LogP contribution in [0.15, 0.2) is 36.4 Å². The average molecular weight is 227 g/mol. The van der Waals surface area contributed by atoms with Crippen molar-refractivity contribution in [1.82, 2.24) is 4.98 Å². The first-order chi connectivity index (χ1) is 8.29. The zero-order valence-corrected chi connectivity index (χ0v) is 9.59. The number of ether oxygens (including phenoxy) is 1. The molecule has 3 heteroatoms. The summed E-state index contributed by atoms with van der Waals surface area (Å²) in [7, 11) is 1.44. The smallest absolute Gasteiger partial charge is 0.309 e. The Bertz CT molecular complexity index is 579. The lowest BCUT2D eigenvalue weighted by Crippen LogP contribution is -2.04.